The number of alkyl halides is 1. The summed E-state index contributed by atoms with van der Waals surface area (Å²) in [6.07, 6.45) is -1.30. The lowest BCUT2D eigenvalue weighted by atomic mass is 10.2. The maximum Gasteiger partial charge on any atom is 0.333 e. The largest absolute Gasteiger partial charge is 0.479 e. The molecule has 2 aromatic rings. The number of halogens is 1. The fourth-order valence-corrected chi connectivity index (χ4v) is 2.19. The van der Waals surface area contributed by atoms with E-state index in [1.54, 1.807) is 0 Å². The Morgan fingerprint density at radius 3 is 3.00 bits per heavy atom. The molecular weight excluding hydrogens is 271 g/mol. The quantitative estimate of drug-likeness (QED) is 0.877. The number of hydrogen-bond acceptors (Lipinski definition) is 6. The van der Waals surface area contributed by atoms with Crippen molar-refractivity contribution in [1.82, 2.24) is 19.5 Å². The smallest absolute Gasteiger partial charge is 0.333 e. The van der Waals surface area contributed by atoms with Crippen LogP contribution in [0.15, 0.2) is 12.7 Å². The Morgan fingerprint density at radius 2 is 2.35 bits per heavy atom. The molecule has 0 radical (unpaired) electrons. The number of carboxylic acids is 1. The summed E-state index contributed by atoms with van der Waals surface area (Å²) in [7, 11) is 1.44. The van der Waals surface area contributed by atoms with Crippen LogP contribution in [0.1, 0.15) is 12.6 Å². The number of hydrogen-bond donors (Lipinski definition) is 1. The number of aromatic nitrogens is 4. The van der Waals surface area contributed by atoms with Gasteiger partial charge in [0, 0.05) is 6.42 Å². The van der Waals surface area contributed by atoms with Gasteiger partial charge in [0.1, 0.15) is 12.5 Å². The first kappa shape index (κ1) is 12.7. The molecule has 0 spiro atoms. The van der Waals surface area contributed by atoms with Gasteiger partial charge in [0.05, 0.1) is 13.4 Å². The molecule has 0 saturated carbocycles. The van der Waals surface area contributed by atoms with Crippen molar-refractivity contribution >= 4 is 17.1 Å². The Hall–Kier alpha value is -2.29. The number of carbonyl (C=O) groups is 1. The molecule has 20 heavy (non-hydrogen) atoms. The normalized spacial score (nSPS) is 26.0. The summed E-state index contributed by atoms with van der Waals surface area (Å²) >= 11 is 0. The van der Waals surface area contributed by atoms with Crippen LogP contribution in [0, 0.1) is 0 Å². The Balaban J connectivity index is 2.01. The van der Waals surface area contributed by atoms with Gasteiger partial charge in [-0.15, -0.1) is 0 Å². The molecule has 1 unspecified atom stereocenters. The fourth-order valence-electron chi connectivity index (χ4n) is 2.19. The van der Waals surface area contributed by atoms with E-state index in [1.807, 2.05) is 0 Å². The summed E-state index contributed by atoms with van der Waals surface area (Å²) in [6.45, 7) is 0. The Labute approximate surface area is 112 Å². The number of ether oxygens (including phenoxy) is 2. The lowest BCUT2D eigenvalue weighted by molar-refractivity contribution is -0.151. The van der Waals surface area contributed by atoms with Crippen molar-refractivity contribution < 1.29 is 23.8 Å². The zero-order chi connectivity index (χ0) is 14.3. The number of imidazole rings is 1. The van der Waals surface area contributed by atoms with E-state index in [9.17, 15) is 9.18 Å². The van der Waals surface area contributed by atoms with Crippen LogP contribution in [0.4, 0.5) is 4.39 Å². The lowest BCUT2D eigenvalue weighted by Gasteiger charge is -2.14. The van der Waals surface area contributed by atoms with Crippen molar-refractivity contribution in [3.63, 3.8) is 0 Å². The molecule has 9 heteroatoms. The first-order valence-electron chi connectivity index (χ1n) is 5.85. The molecule has 1 aliphatic rings. The molecule has 1 aliphatic heterocycles. The van der Waals surface area contributed by atoms with Gasteiger partial charge in [0.2, 0.25) is 5.88 Å². The van der Waals surface area contributed by atoms with Gasteiger partial charge in [-0.2, -0.15) is 4.98 Å². The van der Waals surface area contributed by atoms with Gasteiger partial charge in [-0.25, -0.2) is 19.2 Å². The molecule has 0 aliphatic carbocycles. The number of rotatable bonds is 3. The Kier molecular flexibility index (Phi) is 2.97. The molecule has 3 heterocycles. The third kappa shape index (κ3) is 1.86. The first-order chi connectivity index (χ1) is 9.61. The summed E-state index contributed by atoms with van der Waals surface area (Å²) in [5, 5.41) is 8.88. The number of carboxylic acid groups (broad SMARTS) is 1. The van der Waals surface area contributed by atoms with Crippen molar-refractivity contribution in [2.75, 3.05) is 7.11 Å². The number of fused-ring (bicyclic) bond motifs is 1. The van der Waals surface area contributed by atoms with Gasteiger partial charge in [-0.05, 0) is 0 Å². The molecule has 1 N–H and O–H groups in total. The second-order valence-corrected chi connectivity index (χ2v) is 4.31. The maximum atomic E-state index is 14.0. The van der Waals surface area contributed by atoms with Crippen LogP contribution in [-0.4, -0.2) is 50.0 Å². The van der Waals surface area contributed by atoms with Gasteiger partial charge >= 0.3 is 5.97 Å². The van der Waals surface area contributed by atoms with Crippen molar-refractivity contribution in [3.8, 4) is 5.88 Å². The first-order valence-corrected chi connectivity index (χ1v) is 5.85. The van der Waals surface area contributed by atoms with Crippen molar-refractivity contribution in [3.05, 3.63) is 12.7 Å². The van der Waals surface area contributed by atoms with Crippen molar-refractivity contribution in [2.45, 2.75) is 24.9 Å². The zero-order valence-corrected chi connectivity index (χ0v) is 10.4. The van der Waals surface area contributed by atoms with Gasteiger partial charge in [-0.3, -0.25) is 4.57 Å². The molecule has 0 bridgehead atoms. The van der Waals surface area contributed by atoms with Gasteiger partial charge < -0.3 is 14.6 Å². The number of methoxy groups -OCH3 is 1. The number of aliphatic carboxylic acids is 1. The molecule has 2 aromatic heterocycles. The summed E-state index contributed by atoms with van der Waals surface area (Å²) < 4.78 is 25.6. The molecule has 3 atom stereocenters. The van der Waals surface area contributed by atoms with Crippen molar-refractivity contribution in [1.29, 1.82) is 0 Å². The van der Waals surface area contributed by atoms with E-state index in [2.05, 4.69) is 15.0 Å². The summed E-state index contributed by atoms with van der Waals surface area (Å²) in [5.74, 6) is -0.927. The highest BCUT2D eigenvalue weighted by atomic mass is 19.1. The SMILES string of the molecule is COc1ncnc2c1ncn2[C@@H]1O[C@H](C(=O)O)CC1F. The molecule has 1 saturated heterocycles. The van der Waals surface area contributed by atoms with E-state index < -0.39 is 24.5 Å². The predicted octanol–water partition coefficient (Wildman–Crippen LogP) is 0.545. The molecule has 8 nitrogen and oxygen atoms in total. The van der Waals surface area contributed by atoms with E-state index in [1.165, 1.54) is 24.3 Å². The molecular formula is C11H11FN4O4. The van der Waals surface area contributed by atoms with E-state index in [0.717, 1.165) is 0 Å². The predicted molar refractivity (Wildman–Crippen MR) is 62.9 cm³/mol. The van der Waals surface area contributed by atoms with E-state index in [4.69, 9.17) is 14.6 Å². The standard InChI is InChI=1S/C11H11FN4O4/c1-19-9-7-8(13-3-14-9)16(4-15-7)10-5(12)2-6(20-10)11(17)18/h3-6,10H,2H2,1H3,(H,17,18)/t5?,6-,10+/m0/s1. The van der Waals surface area contributed by atoms with E-state index in [-0.39, 0.29) is 12.3 Å². The van der Waals surface area contributed by atoms with Crippen LogP contribution in [0.2, 0.25) is 0 Å². The molecule has 0 amide bonds. The van der Waals surface area contributed by atoms with Crippen LogP contribution in [-0.2, 0) is 9.53 Å². The van der Waals surface area contributed by atoms with Crippen molar-refractivity contribution in [2.24, 2.45) is 0 Å². The monoisotopic (exact) mass is 282 g/mol. The average Bonchev–Trinajstić information content (AvgIpc) is 3.01. The second-order valence-electron chi connectivity index (χ2n) is 4.31. The van der Waals surface area contributed by atoms with Crippen LogP contribution >= 0.6 is 0 Å². The van der Waals surface area contributed by atoms with E-state index >= 15 is 0 Å². The summed E-state index contributed by atoms with van der Waals surface area (Å²) in [6, 6.07) is 0. The summed E-state index contributed by atoms with van der Waals surface area (Å²) in [5.41, 5.74) is 0.695. The van der Waals surface area contributed by atoms with Crippen LogP contribution in [0.25, 0.3) is 11.2 Å². The number of nitrogens with zero attached hydrogens (tertiary/aromatic N) is 4. The highest BCUT2D eigenvalue weighted by molar-refractivity contribution is 5.76. The fraction of sp³-hybridized carbons (Fsp3) is 0.455. The minimum Gasteiger partial charge on any atom is -0.479 e. The van der Waals surface area contributed by atoms with Gasteiger partial charge in [-0.1, -0.05) is 0 Å². The molecule has 1 fully saturated rings. The molecule has 106 valence electrons. The average molecular weight is 282 g/mol. The second kappa shape index (κ2) is 4.67. The highest BCUT2D eigenvalue weighted by Crippen LogP contribution is 2.34. The maximum absolute atomic E-state index is 14.0. The Bertz CT molecular complexity index is 661. The lowest BCUT2D eigenvalue weighted by Crippen LogP contribution is -2.20. The van der Waals surface area contributed by atoms with Crippen LogP contribution in [0.5, 0.6) is 5.88 Å². The minimum absolute atomic E-state index is 0.206. The Morgan fingerprint density at radius 1 is 1.55 bits per heavy atom. The topological polar surface area (TPSA) is 99.4 Å². The molecule has 3 rings (SSSR count). The van der Waals surface area contributed by atoms with Gasteiger partial charge in [0.15, 0.2) is 23.5 Å². The van der Waals surface area contributed by atoms with Crippen LogP contribution in [0.3, 0.4) is 0 Å². The highest BCUT2D eigenvalue weighted by Gasteiger charge is 2.41. The van der Waals surface area contributed by atoms with E-state index in [0.29, 0.717) is 11.2 Å². The van der Waals surface area contributed by atoms with Gasteiger partial charge in [0.25, 0.3) is 0 Å². The third-order valence-corrected chi connectivity index (χ3v) is 3.12. The zero-order valence-electron chi connectivity index (χ0n) is 10.4. The summed E-state index contributed by atoms with van der Waals surface area (Å²) in [4.78, 5) is 22.8. The minimum atomic E-state index is -1.45. The van der Waals surface area contributed by atoms with Crippen LogP contribution < -0.4 is 4.74 Å². The molecule has 0 aromatic carbocycles. The third-order valence-electron chi connectivity index (χ3n) is 3.12.